The Labute approximate surface area is 52.6 Å². The number of nitrogens with one attached hydrogen (secondary N) is 2. The molecule has 0 aliphatic carbocycles. The molecule has 0 saturated carbocycles. The van der Waals surface area contributed by atoms with E-state index < -0.39 is 0 Å². The van der Waals surface area contributed by atoms with Crippen molar-refractivity contribution in [3.8, 4) is 0 Å². The van der Waals surface area contributed by atoms with Crippen molar-refractivity contribution in [2.24, 2.45) is 0 Å². The Morgan fingerprint density at radius 1 is 1.62 bits per heavy atom. The molecule has 0 atom stereocenters. The minimum absolute atomic E-state index is 0.269. The van der Waals surface area contributed by atoms with Crippen LogP contribution in [0.1, 0.15) is 6.92 Å². The molecule has 0 radical (unpaired) electrons. The summed E-state index contributed by atoms with van der Waals surface area (Å²) in [4.78, 5) is 0. The molecule has 0 aliphatic heterocycles. The van der Waals surface area contributed by atoms with Crippen LogP contribution in [0.15, 0.2) is 0 Å². The Morgan fingerprint density at radius 3 is 2.25 bits per heavy atom. The van der Waals surface area contributed by atoms with Crippen LogP contribution >= 0.6 is 11.6 Å². The van der Waals surface area contributed by atoms with Crippen molar-refractivity contribution >= 4 is 22.7 Å². The molecule has 0 fully saturated rings. The van der Waals surface area contributed by atoms with E-state index in [0.717, 1.165) is 0 Å². The molecule has 0 aromatic rings. The topological polar surface area (TPSA) is 56.9 Å². The van der Waals surface area contributed by atoms with Gasteiger partial charge in [-0.25, -0.2) is 0 Å². The van der Waals surface area contributed by atoms with Gasteiger partial charge in [0.2, 0.25) is 5.90 Å². The van der Waals surface area contributed by atoms with Crippen LogP contribution in [0, 0.1) is 10.8 Å². The van der Waals surface area contributed by atoms with Gasteiger partial charge in [-0.05, 0) is 6.92 Å². The summed E-state index contributed by atoms with van der Waals surface area (Å²) in [5, 5.41) is 13.0. The van der Waals surface area contributed by atoms with E-state index in [0.29, 0.717) is 6.61 Å². The molecule has 0 amide bonds. The van der Waals surface area contributed by atoms with Gasteiger partial charge in [0.1, 0.15) is 0 Å². The number of hydrogen-bond acceptors (Lipinski definition) is 3. The highest BCUT2D eigenvalue weighted by Crippen LogP contribution is 1.85. The number of ether oxygens (including phenoxy) is 1. The molecule has 8 heavy (non-hydrogen) atoms. The third-order valence-corrected chi connectivity index (χ3v) is 0.660. The molecule has 4 heteroatoms. The molecule has 0 aromatic carbocycles. The fourth-order valence-corrected chi connectivity index (χ4v) is 0.262. The van der Waals surface area contributed by atoms with Crippen LogP contribution in [-0.2, 0) is 4.74 Å². The van der Waals surface area contributed by atoms with Crippen molar-refractivity contribution in [3.63, 3.8) is 0 Å². The summed E-state index contributed by atoms with van der Waals surface area (Å²) in [6, 6.07) is 0. The quantitative estimate of drug-likeness (QED) is 0.433. The second kappa shape index (κ2) is 3.43. The van der Waals surface area contributed by atoms with Gasteiger partial charge in [0.25, 0.3) is 0 Å². The molecule has 3 nitrogen and oxygen atoms in total. The van der Waals surface area contributed by atoms with E-state index in [1.54, 1.807) is 6.92 Å². The number of halogens is 1. The summed E-state index contributed by atoms with van der Waals surface area (Å²) in [5.41, 5.74) is 0. The zero-order valence-electron chi connectivity index (χ0n) is 4.49. The SMILES string of the molecule is CCOC(=N)C(=N)Cl. The van der Waals surface area contributed by atoms with Crippen LogP contribution < -0.4 is 0 Å². The average Bonchev–Trinajstić information content (AvgIpc) is 1.67. The third kappa shape index (κ3) is 2.58. The largest absolute Gasteiger partial charge is 0.476 e. The Hall–Kier alpha value is -0.570. The van der Waals surface area contributed by atoms with Crippen molar-refractivity contribution < 1.29 is 4.74 Å². The standard InChI is InChI=1S/C4H7ClN2O/c1-2-8-4(7)3(5)6/h6-7H,2H2,1H3. The maximum atomic E-state index is 6.76. The highest BCUT2D eigenvalue weighted by atomic mass is 35.5. The van der Waals surface area contributed by atoms with E-state index in [2.05, 4.69) is 4.74 Å². The van der Waals surface area contributed by atoms with Crippen LogP contribution in [0.2, 0.25) is 0 Å². The van der Waals surface area contributed by atoms with Crippen molar-refractivity contribution in [2.75, 3.05) is 6.61 Å². The summed E-state index contributed by atoms with van der Waals surface area (Å²) in [6.07, 6.45) is 0. The molecule has 0 aliphatic rings. The molecular formula is C4H7ClN2O. The van der Waals surface area contributed by atoms with Crippen molar-refractivity contribution in [1.29, 1.82) is 10.8 Å². The summed E-state index contributed by atoms with van der Waals surface area (Å²) in [5.74, 6) is -0.269. The van der Waals surface area contributed by atoms with E-state index in [1.807, 2.05) is 0 Å². The normalized spacial score (nSPS) is 8.25. The molecular weight excluding hydrogens is 128 g/mol. The van der Waals surface area contributed by atoms with Crippen LogP contribution in [0.5, 0.6) is 0 Å². The zero-order valence-corrected chi connectivity index (χ0v) is 5.25. The van der Waals surface area contributed by atoms with Gasteiger partial charge in [-0.1, -0.05) is 11.6 Å². The summed E-state index contributed by atoms with van der Waals surface area (Å²) >= 11 is 5.04. The van der Waals surface area contributed by atoms with E-state index in [4.69, 9.17) is 22.4 Å². The Bertz CT molecular complexity index is 113. The van der Waals surface area contributed by atoms with Gasteiger partial charge in [-0.3, -0.25) is 10.8 Å². The second-order valence-corrected chi connectivity index (χ2v) is 1.45. The summed E-state index contributed by atoms with van der Waals surface area (Å²) in [6.45, 7) is 2.11. The highest BCUT2D eigenvalue weighted by Gasteiger charge is 1.98. The van der Waals surface area contributed by atoms with Gasteiger partial charge in [-0.2, -0.15) is 0 Å². The summed E-state index contributed by atoms with van der Waals surface area (Å²) in [7, 11) is 0. The van der Waals surface area contributed by atoms with Gasteiger partial charge < -0.3 is 4.74 Å². The Kier molecular flexibility index (Phi) is 3.19. The molecule has 0 bridgehead atoms. The average molecular weight is 135 g/mol. The number of hydrogen-bond donors (Lipinski definition) is 2. The van der Waals surface area contributed by atoms with Gasteiger partial charge in [0.15, 0.2) is 5.17 Å². The lowest BCUT2D eigenvalue weighted by molar-refractivity contribution is 0.331. The van der Waals surface area contributed by atoms with Gasteiger partial charge in [0, 0.05) is 0 Å². The van der Waals surface area contributed by atoms with Gasteiger partial charge in [0.05, 0.1) is 6.61 Å². The summed E-state index contributed by atoms with van der Waals surface area (Å²) < 4.78 is 4.53. The third-order valence-electron chi connectivity index (χ3n) is 0.488. The van der Waals surface area contributed by atoms with E-state index in [1.165, 1.54) is 0 Å². The van der Waals surface area contributed by atoms with E-state index >= 15 is 0 Å². The van der Waals surface area contributed by atoms with Crippen molar-refractivity contribution in [2.45, 2.75) is 6.92 Å². The monoisotopic (exact) mass is 134 g/mol. The molecule has 0 aromatic heterocycles. The predicted octanol–water partition coefficient (Wildman–Crippen LogP) is 1.22. The maximum Gasteiger partial charge on any atom is 0.243 e. The van der Waals surface area contributed by atoms with Crippen molar-refractivity contribution in [3.05, 3.63) is 0 Å². The van der Waals surface area contributed by atoms with Crippen LogP contribution in [0.4, 0.5) is 0 Å². The lowest BCUT2D eigenvalue weighted by Crippen LogP contribution is -2.09. The van der Waals surface area contributed by atoms with E-state index in [-0.39, 0.29) is 11.1 Å². The molecule has 0 rings (SSSR count). The van der Waals surface area contributed by atoms with Gasteiger partial charge in [-0.15, -0.1) is 0 Å². The second-order valence-electron chi connectivity index (χ2n) is 1.08. The zero-order chi connectivity index (χ0) is 6.57. The lowest BCUT2D eigenvalue weighted by atomic mass is 10.7. The van der Waals surface area contributed by atoms with Gasteiger partial charge >= 0.3 is 0 Å². The van der Waals surface area contributed by atoms with Crippen LogP contribution in [-0.4, -0.2) is 17.7 Å². The molecule has 0 spiro atoms. The molecule has 0 unspecified atom stereocenters. The van der Waals surface area contributed by atoms with Crippen LogP contribution in [0.25, 0.3) is 0 Å². The molecule has 0 saturated heterocycles. The number of rotatable bonds is 2. The predicted molar refractivity (Wildman–Crippen MR) is 32.9 cm³/mol. The Balaban J connectivity index is 3.49. The minimum atomic E-state index is -0.355. The fraction of sp³-hybridized carbons (Fsp3) is 0.500. The smallest absolute Gasteiger partial charge is 0.243 e. The highest BCUT2D eigenvalue weighted by molar-refractivity contribution is 6.81. The fourth-order valence-electron chi connectivity index (χ4n) is 0.208. The first-order chi connectivity index (χ1) is 3.68. The lowest BCUT2D eigenvalue weighted by Gasteiger charge is -1.97. The van der Waals surface area contributed by atoms with Crippen molar-refractivity contribution in [1.82, 2.24) is 0 Å². The molecule has 2 N–H and O–H groups in total. The first kappa shape index (κ1) is 7.43. The van der Waals surface area contributed by atoms with E-state index in [9.17, 15) is 0 Å². The maximum absolute atomic E-state index is 6.76. The Morgan fingerprint density at radius 2 is 2.12 bits per heavy atom. The molecule has 0 heterocycles. The molecule has 46 valence electrons. The first-order valence-electron chi connectivity index (χ1n) is 2.14. The van der Waals surface area contributed by atoms with Crippen LogP contribution in [0.3, 0.4) is 0 Å². The first-order valence-corrected chi connectivity index (χ1v) is 2.52. The minimum Gasteiger partial charge on any atom is -0.476 e.